The third kappa shape index (κ3) is 2.87. The lowest BCUT2D eigenvalue weighted by atomic mass is 9.84. The molecule has 2 aromatic carbocycles. The van der Waals surface area contributed by atoms with Gasteiger partial charge in [-0.05, 0) is 42.8 Å². The molecule has 4 heteroatoms. The van der Waals surface area contributed by atoms with E-state index in [0.717, 1.165) is 16.8 Å². The summed E-state index contributed by atoms with van der Waals surface area (Å²) in [5, 5.41) is 0. The van der Waals surface area contributed by atoms with Gasteiger partial charge in [0.25, 0.3) is 0 Å². The standard InChI is InChI=1S/C23H22N2O2/c1-15-8-7-9-16(14-15)21-24-18(22(26)27-21)12-13-20-23(2,3)17-10-5-6-11-19(17)25(20)4/h5-14H,1-4H3/b18-12+,20-13-. The van der Waals surface area contributed by atoms with Crippen LogP contribution in [0.3, 0.4) is 0 Å². The summed E-state index contributed by atoms with van der Waals surface area (Å²) in [7, 11) is 2.05. The summed E-state index contributed by atoms with van der Waals surface area (Å²) in [6.07, 6.45) is 3.73. The zero-order chi connectivity index (χ0) is 19.2. The van der Waals surface area contributed by atoms with Crippen molar-refractivity contribution in [2.75, 3.05) is 11.9 Å². The number of ether oxygens (including phenoxy) is 1. The van der Waals surface area contributed by atoms with E-state index in [1.54, 1.807) is 6.08 Å². The molecule has 4 nitrogen and oxygen atoms in total. The molecular weight excluding hydrogens is 336 g/mol. The van der Waals surface area contributed by atoms with Crippen LogP contribution in [0.25, 0.3) is 0 Å². The number of esters is 1. The predicted molar refractivity (Wildman–Crippen MR) is 108 cm³/mol. The normalized spacial score (nSPS) is 20.8. The summed E-state index contributed by atoms with van der Waals surface area (Å²) < 4.78 is 5.37. The van der Waals surface area contributed by atoms with Crippen molar-refractivity contribution in [1.82, 2.24) is 0 Å². The van der Waals surface area contributed by atoms with Gasteiger partial charge in [0.15, 0.2) is 5.70 Å². The van der Waals surface area contributed by atoms with Gasteiger partial charge in [-0.2, -0.15) is 0 Å². The van der Waals surface area contributed by atoms with Gasteiger partial charge in [0.2, 0.25) is 5.90 Å². The summed E-state index contributed by atoms with van der Waals surface area (Å²) in [4.78, 5) is 18.8. The van der Waals surface area contributed by atoms with E-state index in [4.69, 9.17) is 4.74 Å². The van der Waals surface area contributed by atoms with Gasteiger partial charge < -0.3 is 9.64 Å². The second-order valence-electron chi connectivity index (χ2n) is 7.48. The highest BCUT2D eigenvalue weighted by Gasteiger charge is 2.37. The third-order valence-corrected chi connectivity index (χ3v) is 5.23. The number of hydrogen-bond donors (Lipinski definition) is 0. The molecule has 0 atom stereocenters. The Morgan fingerprint density at radius 3 is 2.59 bits per heavy atom. The van der Waals surface area contributed by atoms with E-state index in [-0.39, 0.29) is 5.41 Å². The largest absolute Gasteiger partial charge is 0.402 e. The number of carbonyl (C=O) groups is 1. The number of para-hydroxylation sites is 1. The maximum absolute atomic E-state index is 12.3. The summed E-state index contributed by atoms with van der Waals surface area (Å²) in [5.41, 5.74) is 5.65. The minimum atomic E-state index is -0.417. The average Bonchev–Trinajstić information content (AvgIpc) is 3.10. The SMILES string of the molecule is Cc1cccc(C2=N/C(=C/C=C3\N(C)c4ccccc4C3(C)C)C(=O)O2)c1. The van der Waals surface area contributed by atoms with E-state index in [0.29, 0.717) is 11.6 Å². The van der Waals surface area contributed by atoms with Crippen molar-refractivity contribution in [2.24, 2.45) is 4.99 Å². The molecule has 136 valence electrons. The number of nitrogens with zero attached hydrogens (tertiary/aromatic N) is 2. The van der Waals surface area contributed by atoms with Crippen molar-refractivity contribution < 1.29 is 9.53 Å². The predicted octanol–water partition coefficient (Wildman–Crippen LogP) is 4.49. The smallest absolute Gasteiger partial charge is 0.363 e. The van der Waals surface area contributed by atoms with Crippen LogP contribution in [-0.4, -0.2) is 18.9 Å². The van der Waals surface area contributed by atoms with Crippen molar-refractivity contribution in [3.05, 3.63) is 88.8 Å². The van der Waals surface area contributed by atoms with Crippen LogP contribution in [0.4, 0.5) is 5.69 Å². The molecule has 0 unspecified atom stereocenters. The molecule has 0 radical (unpaired) electrons. The van der Waals surface area contributed by atoms with Gasteiger partial charge in [0, 0.05) is 29.4 Å². The molecule has 27 heavy (non-hydrogen) atoms. The number of cyclic esters (lactones) is 1. The number of aryl methyl sites for hydroxylation is 1. The molecule has 2 aromatic rings. The molecule has 0 saturated carbocycles. The number of carbonyl (C=O) groups excluding carboxylic acids is 1. The van der Waals surface area contributed by atoms with Crippen LogP contribution in [-0.2, 0) is 14.9 Å². The Balaban J connectivity index is 1.69. The summed E-state index contributed by atoms with van der Waals surface area (Å²) in [6, 6.07) is 16.1. The van der Waals surface area contributed by atoms with Crippen molar-refractivity contribution in [3.63, 3.8) is 0 Å². The van der Waals surface area contributed by atoms with Crippen molar-refractivity contribution in [3.8, 4) is 0 Å². The fraction of sp³-hybridized carbons (Fsp3) is 0.217. The Labute approximate surface area is 159 Å². The number of aliphatic imine (C=N–C) groups is 1. The molecule has 0 aliphatic carbocycles. The first-order valence-corrected chi connectivity index (χ1v) is 9.01. The Morgan fingerprint density at radius 2 is 1.85 bits per heavy atom. The van der Waals surface area contributed by atoms with Gasteiger partial charge in [-0.3, -0.25) is 0 Å². The van der Waals surface area contributed by atoms with Crippen LogP contribution in [0.1, 0.15) is 30.5 Å². The monoisotopic (exact) mass is 358 g/mol. The Bertz CT molecular complexity index is 1030. The second kappa shape index (κ2) is 6.23. The molecule has 0 aromatic heterocycles. The van der Waals surface area contributed by atoms with Crippen LogP contribution >= 0.6 is 0 Å². The highest BCUT2D eigenvalue weighted by molar-refractivity contribution is 6.11. The number of hydrogen-bond acceptors (Lipinski definition) is 4. The molecule has 0 N–H and O–H groups in total. The highest BCUT2D eigenvalue weighted by Crippen LogP contribution is 2.46. The van der Waals surface area contributed by atoms with Crippen molar-refractivity contribution >= 4 is 17.6 Å². The van der Waals surface area contributed by atoms with Crippen LogP contribution in [0.5, 0.6) is 0 Å². The minimum absolute atomic E-state index is 0.145. The average molecular weight is 358 g/mol. The number of rotatable bonds is 2. The van der Waals surface area contributed by atoms with E-state index in [2.05, 4.69) is 41.9 Å². The van der Waals surface area contributed by atoms with Gasteiger partial charge in [-0.15, -0.1) is 0 Å². The van der Waals surface area contributed by atoms with Crippen LogP contribution in [0, 0.1) is 6.92 Å². The number of benzene rings is 2. The summed E-state index contributed by atoms with van der Waals surface area (Å²) in [5.74, 6) is -0.0602. The summed E-state index contributed by atoms with van der Waals surface area (Å²) >= 11 is 0. The van der Waals surface area contributed by atoms with Crippen molar-refractivity contribution in [1.29, 1.82) is 0 Å². The van der Waals surface area contributed by atoms with Crippen LogP contribution in [0.2, 0.25) is 0 Å². The first-order chi connectivity index (χ1) is 12.9. The molecule has 0 fully saturated rings. The fourth-order valence-electron chi connectivity index (χ4n) is 3.78. The van der Waals surface area contributed by atoms with Gasteiger partial charge in [0.05, 0.1) is 0 Å². The lowest BCUT2D eigenvalue weighted by Gasteiger charge is -2.23. The fourth-order valence-corrected chi connectivity index (χ4v) is 3.78. The van der Waals surface area contributed by atoms with Gasteiger partial charge >= 0.3 is 5.97 Å². The molecule has 2 heterocycles. The van der Waals surface area contributed by atoms with Gasteiger partial charge in [-0.1, -0.05) is 49.7 Å². The molecule has 2 aliphatic rings. The van der Waals surface area contributed by atoms with Crippen molar-refractivity contribution in [2.45, 2.75) is 26.2 Å². The number of allylic oxidation sites excluding steroid dienone is 3. The van der Waals surface area contributed by atoms with E-state index in [1.165, 1.54) is 11.3 Å². The lowest BCUT2D eigenvalue weighted by molar-refractivity contribution is -0.130. The molecule has 0 amide bonds. The van der Waals surface area contributed by atoms with Gasteiger partial charge in [-0.25, -0.2) is 9.79 Å². The van der Waals surface area contributed by atoms with E-state index < -0.39 is 5.97 Å². The summed E-state index contributed by atoms with van der Waals surface area (Å²) in [6.45, 7) is 6.37. The Morgan fingerprint density at radius 1 is 1.07 bits per heavy atom. The minimum Gasteiger partial charge on any atom is -0.402 e. The molecule has 0 spiro atoms. The Kier molecular flexibility index (Phi) is 3.99. The number of likely N-dealkylation sites (N-methyl/N-ethyl adjacent to an activating group) is 1. The van der Waals surface area contributed by atoms with Crippen LogP contribution in [0.15, 0.2) is 77.1 Å². The number of anilines is 1. The molecule has 0 bridgehead atoms. The second-order valence-corrected chi connectivity index (χ2v) is 7.48. The first kappa shape index (κ1) is 17.3. The molecule has 2 aliphatic heterocycles. The third-order valence-electron chi connectivity index (χ3n) is 5.23. The lowest BCUT2D eigenvalue weighted by Crippen LogP contribution is -2.22. The van der Waals surface area contributed by atoms with Gasteiger partial charge in [0.1, 0.15) is 0 Å². The Hall–Kier alpha value is -3.14. The highest BCUT2D eigenvalue weighted by atomic mass is 16.6. The molecular formula is C23H22N2O2. The van der Waals surface area contributed by atoms with E-state index in [1.807, 2.05) is 50.4 Å². The zero-order valence-electron chi connectivity index (χ0n) is 16.0. The maximum Gasteiger partial charge on any atom is 0.363 e. The van der Waals surface area contributed by atoms with Crippen LogP contribution < -0.4 is 4.90 Å². The topological polar surface area (TPSA) is 41.9 Å². The molecule has 4 rings (SSSR count). The zero-order valence-corrected chi connectivity index (χ0v) is 16.0. The quantitative estimate of drug-likeness (QED) is 0.587. The number of fused-ring (bicyclic) bond motifs is 1. The maximum atomic E-state index is 12.3. The first-order valence-electron chi connectivity index (χ1n) is 9.01. The van der Waals surface area contributed by atoms with E-state index in [9.17, 15) is 4.79 Å². The molecule has 0 saturated heterocycles. The van der Waals surface area contributed by atoms with E-state index >= 15 is 0 Å².